The molecule has 26 heavy (non-hydrogen) atoms. The average Bonchev–Trinajstić information content (AvgIpc) is 2.91. The molecule has 0 atom stereocenters. The van der Waals surface area contributed by atoms with E-state index in [0.29, 0.717) is 41.9 Å². The Morgan fingerprint density at radius 2 is 1.77 bits per heavy atom. The van der Waals surface area contributed by atoms with E-state index in [0.717, 1.165) is 12.0 Å². The standard InChI is InChI=1S/C20H21NO5/c1-23-16-7-4-14(12-18(16)24-2)5-9-20(22)21-15-6-8-17-19(13-15)26-11-3-10-25-17/h4-9,12-13H,3,10-11H2,1-2H3,(H,21,22)/b9-5+. The van der Waals surface area contributed by atoms with E-state index in [2.05, 4.69) is 5.32 Å². The van der Waals surface area contributed by atoms with Crippen LogP contribution in [0.5, 0.6) is 23.0 Å². The third kappa shape index (κ3) is 4.27. The highest BCUT2D eigenvalue weighted by Gasteiger charge is 2.11. The van der Waals surface area contributed by atoms with E-state index < -0.39 is 0 Å². The van der Waals surface area contributed by atoms with E-state index in [1.807, 2.05) is 6.07 Å². The van der Waals surface area contributed by atoms with Crippen LogP contribution in [-0.4, -0.2) is 33.3 Å². The average molecular weight is 355 g/mol. The van der Waals surface area contributed by atoms with Crippen molar-refractivity contribution in [2.45, 2.75) is 6.42 Å². The van der Waals surface area contributed by atoms with E-state index in [-0.39, 0.29) is 5.91 Å². The molecule has 0 saturated carbocycles. The summed E-state index contributed by atoms with van der Waals surface area (Å²) in [5.41, 5.74) is 1.48. The number of amides is 1. The Morgan fingerprint density at radius 3 is 2.54 bits per heavy atom. The summed E-state index contributed by atoms with van der Waals surface area (Å²) in [6.45, 7) is 1.23. The lowest BCUT2D eigenvalue weighted by atomic mass is 10.2. The highest BCUT2D eigenvalue weighted by atomic mass is 16.5. The number of methoxy groups -OCH3 is 2. The minimum absolute atomic E-state index is 0.241. The molecule has 6 nitrogen and oxygen atoms in total. The van der Waals surface area contributed by atoms with E-state index >= 15 is 0 Å². The maximum absolute atomic E-state index is 12.2. The molecule has 0 spiro atoms. The van der Waals surface area contributed by atoms with Crippen LogP contribution in [0, 0.1) is 0 Å². The summed E-state index contributed by atoms with van der Waals surface area (Å²) in [5.74, 6) is 2.35. The van der Waals surface area contributed by atoms with E-state index in [1.54, 1.807) is 50.6 Å². The van der Waals surface area contributed by atoms with Gasteiger partial charge >= 0.3 is 0 Å². The Hall–Kier alpha value is -3.15. The van der Waals surface area contributed by atoms with Crippen LogP contribution in [0.2, 0.25) is 0 Å². The Balaban J connectivity index is 1.67. The molecule has 1 amide bonds. The Kier molecular flexibility index (Phi) is 5.63. The van der Waals surface area contributed by atoms with Gasteiger partial charge in [-0.3, -0.25) is 4.79 Å². The highest BCUT2D eigenvalue weighted by Crippen LogP contribution is 2.32. The Labute approximate surface area is 152 Å². The van der Waals surface area contributed by atoms with Crippen LogP contribution in [-0.2, 0) is 4.79 Å². The zero-order chi connectivity index (χ0) is 18.4. The van der Waals surface area contributed by atoms with Crippen molar-refractivity contribution in [2.75, 3.05) is 32.8 Å². The third-order valence-electron chi connectivity index (χ3n) is 3.85. The molecule has 1 aliphatic heterocycles. The van der Waals surface area contributed by atoms with Crippen LogP contribution in [0.25, 0.3) is 6.08 Å². The van der Waals surface area contributed by atoms with Gasteiger partial charge in [0.25, 0.3) is 0 Å². The number of anilines is 1. The predicted molar refractivity (Wildman–Crippen MR) is 99.3 cm³/mol. The number of ether oxygens (including phenoxy) is 4. The zero-order valence-electron chi connectivity index (χ0n) is 14.8. The van der Waals surface area contributed by atoms with Gasteiger partial charge in [0, 0.05) is 24.3 Å². The predicted octanol–water partition coefficient (Wildman–Crippen LogP) is 3.52. The molecule has 2 aromatic carbocycles. The minimum atomic E-state index is -0.241. The largest absolute Gasteiger partial charge is 0.493 e. The van der Waals surface area contributed by atoms with Gasteiger partial charge in [0.2, 0.25) is 5.91 Å². The Bertz CT molecular complexity index is 816. The molecule has 3 rings (SSSR count). The summed E-state index contributed by atoms with van der Waals surface area (Å²) in [5, 5.41) is 2.82. The van der Waals surface area contributed by atoms with Crippen molar-refractivity contribution < 1.29 is 23.7 Å². The first kappa shape index (κ1) is 17.7. The van der Waals surface area contributed by atoms with Crippen LogP contribution < -0.4 is 24.3 Å². The molecule has 1 aliphatic rings. The fourth-order valence-corrected chi connectivity index (χ4v) is 2.55. The number of carbonyl (C=O) groups is 1. The van der Waals surface area contributed by atoms with Crippen LogP contribution in [0.3, 0.4) is 0 Å². The molecule has 0 aromatic heterocycles. The zero-order valence-corrected chi connectivity index (χ0v) is 14.8. The van der Waals surface area contributed by atoms with Gasteiger partial charge in [-0.15, -0.1) is 0 Å². The van der Waals surface area contributed by atoms with Crippen LogP contribution in [0.4, 0.5) is 5.69 Å². The molecule has 0 bridgehead atoms. The number of hydrogen-bond donors (Lipinski definition) is 1. The van der Waals surface area contributed by atoms with Crippen molar-refractivity contribution in [1.82, 2.24) is 0 Å². The van der Waals surface area contributed by atoms with Crippen molar-refractivity contribution in [3.8, 4) is 23.0 Å². The molecule has 1 N–H and O–H groups in total. The second kappa shape index (κ2) is 8.29. The quantitative estimate of drug-likeness (QED) is 0.832. The number of rotatable bonds is 5. The molecule has 0 aliphatic carbocycles. The Morgan fingerprint density at radius 1 is 1.00 bits per heavy atom. The lowest BCUT2D eigenvalue weighted by Crippen LogP contribution is -2.08. The lowest BCUT2D eigenvalue weighted by molar-refractivity contribution is -0.111. The molecule has 0 fully saturated rings. The van der Waals surface area contributed by atoms with Crippen LogP contribution in [0.1, 0.15) is 12.0 Å². The van der Waals surface area contributed by atoms with Crippen molar-refractivity contribution in [1.29, 1.82) is 0 Å². The maximum Gasteiger partial charge on any atom is 0.248 e. The van der Waals surface area contributed by atoms with Gasteiger partial charge in [-0.1, -0.05) is 6.07 Å². The fraction of sp³-hybridized carbons (Fsp3) is 0.250. The molecule has 6 heteroatoms. The maximum atomic E-state index is 12.2. The first-order valence-corrected chi connectivity index (χ1v) is 8.30. The molecular weight excluding hydrogens is 334 g/mol. The monoisotopic (exact) mass is 355 g/mol. The van der Waals surface area contributed by atoms with Gasteiger partial charge in [-0.05, 0) is 35.9 Å². The summed E-state index contributed by atoms with van der Waals surface area (Å²) in [7, 11) is 3.15. The van der Waals surface area contributed by atoms with Crippen molar-refractivity contribution in [2.24, 2.45) is 0 Å². The summed E-state index contributed by atoms with van der Waals surface area (Å²) in [6.07, 6.45) is 4.01. The van der Waals surface area contributed by atoms with Gasteiger partial charge in [-0.25, -0.2) is 0 Å². The molecule has 136 valence electrons. The summed E-state index contributed by atoms with van der Waals surface area (Å²) in [4.78, 5) is 12.2. The highest BCUT2D eigenvalue weighted by molar-refractivity contribution is 6.02. The van der Waals surface area contributed by atoms with Crippen LogP contribution in [0.15, 0.2) is 42.5 Å². The first-order chi connectivity index (χ1) is 12.7. The fourth-order valence-electron chi connectivity index (χ4n) is 2.55. The normalized spacial score (nSPS) is 13.2. The smallest absolute Gasteiger partial charge is 0.248 e. The van der Waals surface area contributed by atoms with Gasteiger partial charge < -0.3 is 24.3 Å². The summed E-state index contributed by atoms with van der Waals surface area (Å²) >= 11 is 0. The summed E-state index contributed by atoms with van der Waals surface area (Å²) in [6, 6.07) is 10.8. The molecule has 0 radical (unpaired) electrons. The van der Waals surface area contributed by atoms with Gasteiger partial charge in [-0.2, -0.15) is 0 Å². The van der Waals surface area contributed by atoms with E-state index in [9.17, 15) is 4.79 Å². The van der Waals surface area contributed by atoms with Crippen molar-refractivity contribution in [3.05, 3.63) is 48.0 Å². The number of fused-ring (bicyclic) bond motifs is 1. The molecule has 1 heterocycles. The second-order valence-electron chi connectivity index (χ2n) is 5.65. The molecular formula is C20H21NO5. The summed E-state index contributed by atoms with van der Waals surface area (Å²) < 4.78 is 21.7. The first-order valence-electron chi connectivity index (χ1n) is 8.30. The van der Waals surface area contributed by atoms with Gasteiger partial charge in [0.15, 0.2) is 23.0 Å². The molecule has 0 saturated heterocycles. The van der Waals surface area contributed by atoms with Crippen molar-refractivity contribution >= 4 is 17.7 Å². The molecule has 2 aromatic rings. The molecule has 0 unspecified atom stereocenters. The van der Waals surface area contributed by atoms with Crippen molar-refractivity contribution in [3.63, 3.8) is 0 Å². The number of benzene rings is 2. The van der Waals surface area contributed by atoms with Gasteiger partial charge in [0.05, 0.1) is 27.4 Å². The second-order valence-corrected chi connectivity index (χ2v) is 5.65. The van der Waals surface area contributed by atoms with E-state index in [1.165, 1.54) is 6.08 Å². The van der Waals surface area contributed by atoms with E-state index in [4.69, 9.17) is 18.9 Å². The lowest BCUT2D eigenvalue weighted by Gasteiger charge is -2.09. The third-order valence-corrected chi connectivity index (χ3v) is 3.85. The minimum Gasteiger partial charge on any atom is -0.493 e. The van der Waals surface area contributed by atoms with Gasteiger partial charge in [0.1, 0.15) is 0 Å². The SMILES string of the molecule is COc1ccc(/C=C/C(=O)Nc2ccc3c(c2)OCCCO3)cc1OC. The van der Waals surface area contributed by atoms with Crippen LogP contribution >= 0.6 is 0 Å². The topological polar surface area (TPSA) is 66.0 Å². The number of carbonyl (C=O) groups excluding carboxylic acids is 1. The number of hydrogen-bond acceptors (Lipinski definition) is 5. The number of nitrogens with one attached hydrogen (secondary N) is 1.